The van der Waals surface area contributed by atoms with Crippen LogP contribution in [0.15, 0.2) is 122 Å². The number of hydrogen-bond acceptors (Lipinski definition) is 8. The molecule has 0 aliphatic carbocycles. The van der Waals surface area contributed by atoms with Gasteiger partial charge in [0.25, 0.3) is 0 Å². The number of phosphoric acid groups is 1. The molecular formula is C52H85NO9P+. The fourth-order valence-electron chi connectivity index (χ4n) is 5.40. The molecule has 0 saturated carbocycles. The topological polar surface area (TPSA) is 129 Å². The van der Waals surface area contributed by atoms with Gasteiger partial charge in [-0.05, 0) is 89.9 Å². The number of phosphoric ester groups is 1. The highest BCUT2D eigenvalue weighted by Crippen LogP contribution is 2.43. The van der Waals surface area contributed by atoms with E-state index in [4.69, 9.17) is 18.5 Å². The zero-order valence-corrected chi connectivity index (χ0v) is 40.5. The van der Waals surface area contributed by atoms with Gasteiger partial charge in [-0.1, -0.05) is 155 Å². The van der Waals surface area contributed by atoms with E-state index in [1.54, 1.807) is 6.08 Å². The molecule has 10 nitrogen and oxygen atoms in total. The summed E-state index contributed by atoms with van der Waals surface area (Å²) in [6, 6.07) is 0. The Hall–Kier alpha value is -3.63. The van der Waals surface area contributed by atoms with Gasteiger partial charge in [-0.2, -0.15) is 0 Å². The smallest absolute Gasteiger partial charge is 0.462 e. The number of aliphatic hydroxyl groups excluding tert-OH is 1. The summed E-state index contributed by atoms with van der Waals surface area (Å²) in [5.41, 5.74) is 0. The van der Waals surface area contributed by atoms with Crippen molar-refractivity contribution in [2.45, 2.75) is 148 Å². The average molecular weight is 899 g/mol. The molecular weight excluding hydrogens is 814 g/mol. The molecule has 0 rings (SSSR count). The SMILES string of the molecule is CC/C=C\CC(O)/C=C/C=C/C/C=C\C/C=C\C/C=C\CCC(=O)O[C@H](COC(=O)CCCCC/C=C\C/C=C\C/C=C\C/C=C\CCCCC)COP(=O)(O)OCC[N+](C)(C)C. The first-order valence-corrected chi connectivity index (χ1v) is 24.9. The van der Waals surface area contributed by atoms with Gasteiger partial charge in [0.05, 0.1) is 33.9 Å². The lowest BCUT2D eigenvalue weighted by Gasteiger charge is -2.24. The van der Waals surface area contributed by atoms with Crippen LogP contribution in [0, 0.1) is 0 Å². The lowest BCUT2D eigenvalue weighted by atomic mass is 10.1. The molecule has 0 heterocycles. The van der Waals surface area contributed by atoms with Gasteiger partial charge in [-0.25, -0.2) is 4.57 Å². The largest absolute Gasteiger partial charge is 0.472 e. The summed E-state index contributed by atoms with van der Waals surface area (Å²) >= 11 is 0. The molecule has 63 heavy (non-hydrogen) atoms. The molecule has 0 aliphatic heterocycles. The second-order valence-electron chi connectivity index (χ2n) is 16.2. The van der Waals surface area contributed by atoms with E-state index >= 15 is 0 Å². The van der Waals surface area contributed by atoms with Crippen LogP contribution in [0.3, 0.4) is 0 Å². The van der Waals surface area contributed by atoms with E-state index < -0.39 is 38.6 Å². The third-order valence-electron chi connectivity index (χ3n) is 9.07. The first-order valence-electron chi connectivity index (χ1n) is 23.4. The molecule has 0 fully saturated rings. The lowest BCUT2D eigenvalue weighted by molar-refractivity contribution is -0.870. The highest BCUT2D eigenvalue weighted by atomic mass is 31.2. The summed E-state index contributed by atoms with van der Waals surface area (Å²) in [6.07, 6.45) is 55.9. The second kappa shape index (κ2) is 42.3. The minimum absolute atomic E-state index is 0.00203. The Labute approximate surface area is 382 Å². The van der Waals surface area contributed by atoms with E-state index in [2.05, 4.69) is 86.8 Å². The summed E-state index contributed by atoms with van der Waals surface area (Å²) < 4.78 is 34.2. The predicted octanol–water partition coefficient (Wildman–Crippen LogP) is 12.7. The minimum Gasteiger partial charge on any atom is -0.462 e. The molecule has 0 aromatic carbocycles. The summed E-state index contributed by atoms with van der Waals surface area (Å²) in [5, 5.41) is 9.86. The number of carbonyl (C=O) groups is 2. The van der Waals surface area contributed by atoms with Crippen molar-refractivity contribution in [3.05, 3.63) is 122 Å². The van der Waals surface area contributed by atoms with Gasteiger partial charge in [-0.3, -0.25) is 18.6 Å². The van der Waals surface area contributed by atoms with Crippen LogP contribution in [0.4, 0.5) is 0 Å². The number of unbranched alkanes of at least 4 members (excludes halogenated alkanes) is 6. The van der Waals surface area contributed by atoms with Crippen LogP contribution >= 0.6 is 7.82 Å². The summed E-state index contributed by atoms with van der Waals surface area (Å²) in [7, 11) is 1.36. The Kier molecular flexibility index (Phi) is 39.9. The molecule has 0 spiro atoms. The normalized spacial score (nSPS) is 15.1. The predicted molar refractivity (Wildman–Crippen MR) is 262 cm³/mol. The Balaban J connectivity index is 4.58. The van der Waals surface area contributed by atoms with Gasteiger partial charge in [0.1, 0.15) is 19.8 Å². The summed E-state index contributed by atoms with van der Waals surface area (Å²) in [5.74, 6) is -0.968. The maximum Gasteiger partial charge on any atom is 0.472 e. The van der Waals surface area contributed by atoms with Gasteiger partial charge in [0.2, 0.25) is 0 Å². The van der Waals surface area contributed by atoms with Crippen molar-refractivity contribution < 1.29 is 47.2 Å². The number of carbonyl (C=O) groups excluding carboxylic acids is 2. The molecule has 0 aromatic rings. The third-order valence-corrected chi connectivity index (χ3v) is 10.1. The van der Waals surface area contributed by atoms with Crippen LogP contribution < -0.4 is 0 Å². The van der Waals surface area contributed by atoms with E-state index in [-0.39, 0.29) is 26.1 Å². The third kappa shape index (κ3) is 46.2. The second-order valence-corrected chi connectivity index (χ2v) is 17.7. The van der Waals surface area contributed by atoms with Crippen molar-refractivity contribution in [1.29, 1.82) is 0 Å². The van der Waals surface area contributed by atoms with Gasteiger partial charge < -0.3 is 24.0 Å². The molecule has 11 heteroatoms. The van der Waals surface area contributed by atoms with Crippen LogP contribution in [0.2, 0.25) is 0 Å². The zero-order valence-electron chi connectivity index (χ0n) is 39.6. The number of allylic oxidation sites excluding steroid dienone is 18. The van der Waals surface area contributed by atoms with E-state index in [0.29, 0.717) is 30.3 Å². The molecule has 0 bridgehead atoms. The van der Waals surface area contributed by atoms with Crippen LogP contribution in [0.5, 0.6) is 0 Å². The number of likely N-dealkylation sites (N-methyl/N-ethyl adjacent to an activating group) is 1. The number of ether oxygens (including phenoxy) is 2. The summed E-state index contributed by atoms with van der Waals surface area (Å²) in [6.45, 7) is 4.02. The quantitative estimate of drug-likeness (QED) is 0.0154. The van der Waals surface area contributed by atoms with Crippen LogP contribution in [0.25, 0.3) is 0 Å². The first-order chi connectivity index (χ1) is 30.4. The van der Waals surface area contributed by atoms with E-state index in [0.717, 1.165) is 64.2 Å². The van der Waals surface area contributed by atoms with Crippen molar-refractivity contribution in [2.75, 3.05) is 47.5 Å². The van der Waals surface area contributed by atoms with Gasteiger partial charge >= 0.3 is 19.8 Å². The summed E-state index contributed by atoms with van der Waals surface area (Å²) in [4.78, 5) is 35.4. The molecule has 0 aliphatic rings. The van der Waals surface area contributed by atoms with Crippen LogP contribution in [0.1, 0.15) is 136 Å². The molecule has 3 atom stereocenters. The van der Waals surface area contributed by atoms with E-state index in [1.807, 2.05) is 63.7 Å². The molecule has 2 N–H and O–H groups in total. The van der Waals surface area contributed by atoms with E-state index in [1.165, 1.54) is 25.7 Å². The average Bonchev–Trinajstić information content (AvgIpc) is 3.23. The van der Waals surface area contributed by atoms with Crippen molar-refractivity contribution in [3.63, 3.8) is 0 Å². The Morgan fingerprint density at radius 3 is 1.68 bits per heavy atom. The number of quaternary nitrogens is 1. The molecule has 0 aromatic heterocycles. The first kappa shape index (κ1) is 59.4. The number of rotatable bonds is 40. The fraction of sp³-hybridized carbons (Fsp3) is 0.577. The Bertz CT molecular complexity index is 1500. The van der Waals surface area contributed by atoms with Crippen LogP contribution in [-0.2, 0) is 32.7 Å². The molecule has 2 unspecified atom stereocenters. The standard InChI is InChI=1S/C52H84NO9P/c1-6-8-10-11-12-13-14-15-16-17-18-19-20-23-26-29-32-35-39-43-51(55)59-47-50(48-61-63(57,58)60-46-45-53(3,4)5)62-52(56)44-40-36-33-30-27-24-21-22-25-28-31-34-38-42-49(54)41-37-9-7-2/h9,12-13,15-16,18-19,22-27,31,33-34,36-38,42,49-50,54H,6-8,10-11,14,17,20-21,28-30,32,35,39-41,43-48H2,1-5H3/p+1/b13-12-,16-15-,19-18-,25-22-,26-23-,27-24-,34-31+,36-33-,37-9-,42-38+/t49?,50-/m1/s1. The lowest BCUT2D eigenvalue weighted by Crippen LogP contribution is -2.37. The van der Waals surface area contributed by atoms with E-state index in [9.17, 15) is 24.2 Å². The maximum atomic E-state index is 12.7. The van der Waals surface area contributed by atoms with Crippen molar-refractivity contribution in [2.24, 2.45) is 0 Å². The number of nitrogens with zero attached hydrogens (tertiary/aromatic N) is 1. The molecule has 0 saturated heterocycles. The van der Waals surface area contributed by atoms with Crippen LogP contribution in [-0.4, -0.2) is 86.1 Å². The Morgan fingerprint density at radius 2 is 1.13 bits per heavy atom. The fourth-order valence-corrected chi connectivity index (χ4v) is 6.14. The minimum atomic E-state index is -4.42. The van der Waals surface area contributed by atoms with Gasteiger partial charge in [-0.15, -0.1) is 0 Å². The molecule has 0 amide bonds. The van der Waals surface area contributed by atoms with Gasteiger partial charge in [0, 0.05) is 12.8 Å². The van der Waals surface area contributed by atoms with Gasteiger partial charge in [0.15, 0.2) is 6.10 Å². The van der Waals surface area contributed by atoms with Crippen molar-refractivity contribution in [3.8, 4) is 0 Å². The van der Waals surface area contributed by atoms with Crippen molar-refractivity contribution in [1.82, 2.24) is 0 Å². The Morgan fingerprint density at radius 1 is 0.587 bits per heavy atom. The molecule has 0 radical (unpaired) electrons. The highest BCUT2D eigenvalue weighted by molar-refractivity contribution is 7.47. The highest BCUT2D eigenvalue weighted by Gasteiger charge is 2.27. The monoisotopic (exact) mass is 899 g/mol. The zero-order chi connectivity index (χ0) is 46.5. The molecule has 356 valence electrons. The maximum absolute atomic E-state index is 12.7. The van der Waals surface area contributed by atoms with Crippen molar-refractivity contribution >= 4 is 19.8 Å². The number of esters is 2. The number of aliphatic hydroxyl groups is 1. The number of hydrogen-bond donors (Lipinski definition) is 2.